The van der Waals surface area contributed by atoms with Crippen LogP contribution in [0.15, 0.2) is 16.9 Å². The van der Waals surface area contributed by atoms with Crippen LogP contribution in [0.25, 0.3) is 0 Å². The van der Waals surface area contributed by atoms with Crippen molar-refractivity contribution in [3.63, 3.8) is 0 Å². The van der Waals surface area contributed by atoms with Crippen LogP contribution >= 0.6 is 11.3 Å². The second-order valence-corrected chi connectivity index (χ2v) is 6.95. The van der Waals surface area contributed by atoms with Crippen molar-refractivity contribution in [3.05, 3.63) is 18.3 Å². The second kappa shape index (κ2) is 5.61. The molecule has 0 bridgehead atoms. The fraction of sp³-hybridized carbons (Fsp3) is 0.500. The zero-order valence-corrected chi connectivity index (χ0v) is 11.6. The van der Waals surface area contributed by atoms with Crippen LogP contribution in [0.1, 0.15) is 18.5 Å². The third kappa shape index (κ3) is 3.27. The van der Waals surface area contributed by atoms with E-state index in [4.69, 9.17) is 5.73 Å². The largest absolute Gasteiger partial charge is 0.375 e. The molecule has 5 nitrogen and oxygen atoms in total. The number of aromatic nitrogens is 1. The van der Waals surface area contributed by atoms with E-state index in [-0.39, 0.29) is 9.34 Å². The number of rotatable bonds is 6. The van der Waals surface area contributed by atoms with Crippen LogP contribution in [0.4, 0.5) is 5.13 Å². The maximum atomic E-state index is 12.2. The first-order valence-electron chi connectivity index (χ1n) is 5.19. The molecule has 0 spiro atoms. The average molecular weight is 275 g/mol. The summed E-state index contributed by atoms with van der Waals surface area (Å²) in [6.45, 7) is 5.72. The molecule has 96 valence electrons. The number of unbranched alkanes of at least 4 members (excludes halogenated alkanes) is 1. The third-order valence-electron chi connectivity index (χ3n) is 2.30. The van der Waals surface area contributed by atoms with Crippen LogP contribution in [0.3, 0.4) is 0 Å². The van der Waals surface area contributed by atoms with E-state index in [1.54, 1.807) is 20.0 Å². The third-order valence-corrected chi connectivity index (χ3v) is 5.73. The van der Waals surface area contributed by atoms with Crippen LogP contribution in [-0.4, -0.2) is 31.3 Å². The highest BCUT2D eigenvalue weighted by Crippen LogP contribution is 2.27. The molecule has 0 aliphatic heterocycles. The van der Waals surface area contributed by atoms with E-state index >= 15 is 0 Å². The molecular weight excluding hydrogens is 258 g/mol. The molecule has 0 unspecified atom stereocenters. The molecule has 0 atom stereocenters. The van der Waals surface area contributed by atoms with Crippen molar-refractivity contribution in [1.82, 2.24) is 9.29 Å². The van der Waals surface area contributed by atoms with Gasteiger partial charge in [0, 0.05) is 13.6 Å². The Morgan fingerprint density at radius 2 is 2.24 bits per heavy atom. The average Bonchev–Trinajstić information content (AvgIpc) is 2.58. The van der Waals surface area contributed by atoms with Crippen molar-refractivity contribution in [2.24, 2.45) is 0 Å². The summed E-state index contributed by atoms with van der Waals surface area (Å²) in [7, 11) is -1.89. The topological polar surface area (TPSA) is 76.3 Å². The van der Waals surface area contributed by atoms with Crippen molar-refractivity contribution in [1.29, 1.82) is 0 Å². The Kier molecular flexibility index (Phi) is 4.67. The van der Waals surface area contributed by atoms with Crippen LogP contribution in [0.5, 0.6) is 0 Å². The number of nitrogen functional groups attached to an aromatic ring is 1. The number of sulfonamides is 1. The summed E-state index contributed by atoms with van der Waals surface area (Å²) in [5, 5.41) is 0.278. The Morgan fingerprint density at radius 3 is 2.71 bits per heavy atom. The molecule has 0 saturated heterocycles. The summed E-state index contributed by atoms with van der Waals surface area (Å²) >= 11 is 1.01. The Bertz CT molecular complexity index is 494. The van der Waals surface area contributed by atoms with Gasteiger partial charge in [0.05, 0.1) is 5.69 Å². The number of hydrogen-bond donors (Lipinski definition) is 1. The minimum absolute atomic E-state index is 0.233. The lowest BCUT2D eigenvalue weighted by molar-refractivity contribution is 0.464. The summed E-state index contributed by atoms with van der Waals surface area (Å²) in [5.74, 6) is 0. The summed E-state index contributed by atoms with van der Waals surface area (Å²) in [5.41, 5.74) is 5.97. The van der Waals surface area contributed by atoms with E-state index in [1.807, 2.05) is 0 Å². The normalized spacial score (nSPS) is 11.9. The van der Waals surface area contributed by atoms with E-state index in [0.717, 1.165) is 24.2 Å². The zero-order chi connectivity index (χ0) is 13.1. The minimum Gasteiger partial charge on any atom is -0.375 e. The molecule has 0 fully saturated rings. The van der Waals surface area contributed by atoms with Gasteiger partial charge in [-0.2, -0.15) is 0 Å². The molecule has 0 radical (unpaired) electrons. The van der Waals surface area contributed by atoms with E-state index in [1.165, 1.54) is 4.31 Å². The lowest BCUT2D eigenvalue weighted by Crippen LogP contribution is -2.27. The highest BCUT2D eigenvalue weighted by Gasteiger charge is 2.25. The Hall–Kier alpha value is -0.920. The molecule has 0 amide bonds. The monoisotopic (exact) mass is 275 g/mol. The fourth-order valence-corrected chi connectivity index (χ4v) is 4.06. The molecule has 0 saturated carbocycles. The van der Waals surface area contributed by atoms with E-state index in [0.29, 0.717) is 12.2 Å². The fourth-order valence-electron chi connectivity index (χ4n) is 1.36. The molecule has 7 heteroatoms. The molecule has 17 heavy (non-hydrogen) atoms. The van der Waals surface area contributed by atoms with Crippen molar-refractivity contribution in [2.45, 2.75) is 24.0 Å². The molecule has 1 aromatic rings. The molecule has 0 aliphatic carbocycles. The summed E-state index contributed by atoms with van der Waals surface area (Å²) in [4.78, 5) is 3.93. The number of nitrogens with two attached hydrogens (primary N) is 1. The van der Waals surface area contributed by atoms with Crippen molar-refractivity contribution in [3.8, 4) is 0 Å². The van der Waals surface area contributed by atoms with E-state index in [2.05, 4.69) is 11.6 Å². The van der Waals surface area contributed by atoms with Gasteiger partial charge < -0.3 is 5.73 Å². The highest BCUT2D eigenvalue weighted by atomic mass is 32.2. The lowest BCUT2D eigenvalue weighted by atomic mass is 10.3. The first-order valence-corrected chi connectivity index (χ1v) is 7.45. The van der Waals surface area contributed by atoms with Crippen LogP contribution < -0.4 is 5.73 Å². The van der Waals surface area contributed by atoms with Crippen LogP contribution in [0, 0.1) is 6.92 Å². The summed E-state index contributed by atoms with van der Waals surface area (Å²) in [6, 6.07) is 0. The maximum Gasteiger partial charge on any atom is 0.254 e. The minimum atomic E-state index is -3.45. The van der Waals surface area contributed by atoms with E-state index in [9.17, 15) is 8.42 Å². The second-order valence-electron chi connectivity index (χ2n) is 3.68. The van der Waals surface area contributed by atoms with Crippen LogP contribution in [0.2, 0.25) is 0 Å². The SMILES string of the molecule is C=CCCCN(C)S(=O)(=O)c1sc(N)nc1C. The maximum absolute atomic E-state index is 12.2. The number of allylic oxidation sites excluding steroid dienone is 1. The van der Waals surface area contributed by atoms with Gasteiger partial charge in [0.2, 0.25) is 0 Å². The zero-order valence-electron chi connectivity index (χ0n) is 10.0. The molecule has 1 heterocycles. The highest BCUT2D eigenvalue weighted by molar-refractivity contribution is 7.91. The molecule has 0 aromatic carbocycles. The summed E-state index contributed by atoms with van der Waals surface area (Å²) in [6.07, 6.45) is 3.33. The van der Waals surface area contributed by atoms with Gasteiger partial charge in [-0.3, -0.25) is 0 Å². The smallest absolute Gasteiger partial charge is 0.254 e. The number of anilines is 1. The standard InChI is InChI=1S/C10H17N3O2S2/c1-4-5-6-7-13(3)17(14,15)9-8(2)12-10(11)16-9/h4H,1,5-7H2,2-3H3,(H2,11,12). The van der Waals surface area contributed by atoms with Crippen LogP contribution in [-0.2, 0) is 10.0 Å². The first-order chi connectivity index (χ1) is 7.89. The number of nitrogens with zero attached hydrogens (tertiary/aromatic N) is 2. The van der Waals surface area contributed by atoms with Gasteiger partial charge in [-0.05, 0) is 19.8 Å². The van der Waals surface area contributed by atoms with Gasteiger partial charge in [-0.25, -0.2) is 17.7 Å². The Balaban J connectivity index is 2.87. The van der Waals surface area contributed by atoms with Crippen molar-refractivity contribution in [2.75, 3.05) is 19.3 Å². The van der Waals surface area contributed by atoms with Gasteiger partial charge in [0.15, 0.2) is 9.34 Å². The van der Waals surface area contributed by atoms with E-state index < -0.39 is 10.0 Å². The molecule has 1 aromatic heterocycles. The predicted molar refractivity (Wildman–Crippen MR) is 70.5 cm³/mol. The van der Waals surface area contributed by atoms with Gasteiger partial charge in [0.1, 0.15) is 0 Å². The van der Waals surface area contributed by atoms with Gasteiger partial charge in [0.25, 0.3) is 10.0 Å². The van der Waals surface area contributed by atoms with Gasteiger partial charge >= 0.3 is 0 Å². The number of thiazole rings is 1. The molecule has 0 aliphatic rings. The Labute approximate surface area is 106 Å². The first kappa shape index (κ1) is 14.1. The van der Waals surface area contributed by atoms with Crippen molar-refractivity contribution < 1.29 is 8.42 Å². The molecule has 1 rings (SSSR count). The van der Waals surface area contributed by atoms with Gasteiger partial charge in [-0.1, -0.05) is 17.4 Å². The predicted octanol–water partition coefficient (Wildman–Crippen LogP) is 1.62. The van der Waals surface area contributed by atoms with Gasteiger partial charge in [-0.15, -0.1) is 6.58 Å². The Morgan fingerprint density at radius 1 is 1.59 bits per heavy atom. The lowest BCUT2D eigenvalue weighted by Gasteiger charge is -2.15. The molecular formula is C10H17N3O2S2. The quantitative estimate of drug-likeness (QED) is 0.632. The summed E-state index contributed by atoms with van der Waals surface area (Å²) < 4.78 is 25.9. The van der Waals surface area contributed by atoms with Crippen molar-refractivity contribution >= 4 is 26.5 Å². The molecule has 2 N–H and O–H groups in total. The number of aryl methyl sites for hydroxylation is 1. The number of hydrogen-bond acceptors (Lipinski definition) is 5.